The lowest BCUT2D eigenvalue weighted by atomic mass is 10.0. The zero-order chi connectivity index (χ0) is 19.8. The molecule has 1 aliphatic rings. The van der Waals surface area contributed by atoms with Crippen LogP contribution in [0.1, 0.15) is 57.7 Å². The number of aromatic amines is 1. The Kier molecular flexibility index (Phi) is 4.67. The van der Waals surface area contributed by atoms with Gasteiger partial charge in [-0.15, -0.1) is 0 Å². The average molecular weight is 375 g/mol. The molecule has 0 bridgehead atoms. The summed E-state index contributed by atoms with van der Waals surface area (Å²) in [6.45, 7) is 6.82. The van der Waals surface area contributed by atoms with Gasteiger partial charge in [0.25, 0.3) is 5.91 Å². The number of hydrogen-bond donors (Lipinski definition) is 3. The van der Waals surface area contributed by atoms with Gasteiger partial charge in [0.2, 0.25) is 5.91 Å². The van der Waals surface area contributed by atoms with Crippen LogP contribution in [0.25, 0.3) is 10.9 Å². The van der Waals surface area contributed by atoms with Crippen molar-refractivity contribution in [2.24, 2.45) is 0 Å². The lowest BCUT2D eigenvalue weighted by Gasteiger charge is -2.13. The number of carbonyl (C=O) groups excluding carboxylic acids is 2. The van der Waals surface area contributed by atoms with E-state index in [-0.39, 0.29) is 24.3 Å². The molecule has 144 valence electrons. The van der Waals surface area contributed by atoms with Gasteiger partial charge < -0.3 is 15.6 Å². The van der Waals surface area contributed by atoms with Crippen LogP contribution in [-0.2, 0) is 17.8 Å². The lowest BCUT2D eigenvalue weighted by Crippen LogP contribution is -2.28. The van der Waals surface area contributed by atoms with Crippen molar-refractivity contribution < 1.29 is 9.59 Å². The zero-order valence-electron chi connectivity index (χ0n) is 16.5. The first-order chi connectivity index (χ1) is 13.5. The molecular formula is C23H25N3O2. The van der Waals surface area contributed by atoms with Gasteiger partial charge in [-0.1, -0.05) is 36.8 Å². The fourth-order valence-corrected chi connectivity index (χ4v) is 4.14. The highest BCUT2D eigenvalue weighted by Gasteiger charge is 2.29. The standard InChI is InChI=1S/C23H25N3O2/c1-4-19-14(3)18-10-13(2)9-15(22(18)25-19)12-24-21(27)11-20-16-7-5-6-8-17(16)23(28)26-20/h5-10,20,25H,4,11-12H2,1-3H3,(H,24,27)(H,26,28)/t20-/m1/s1. The molecule has 0 spiro atoms. The Labute approximate surface area is 164 Å². The summed E-state index contributed by atoms with van der Waals surface area (Å²) < 4.78 is 0. The summed E-state index contributed by atoms with van der Waals surface area (Å²) in [6, 6.07) is 11.5. The fraction of sp³-hybridized carbons (Fsp3) is 0.304. The first-order valence-corrected chi connectivity index (χ1v) is 9.75. The quantitative estimate of drug-likeness (QED) is 0.634. The molecule has 3 aromatic rings. The molecule has 1 aliphatic heterocycles. The van der Waals surface area contributed by atoms with E-state index < -0.39 is 0 Å². The Morgan fingerprint density at radius 2 is 1.96 bits per heavy atom. The molecule has 0 saturated carbocycles. The summed E-state index contributed by atoms with van der Waals surface area (Å²) in [6.07, 6.45) is 1.19. The maximum atomic E-state index is 12.6. The minimum absolute atomic E-state index is 0.0735. The van der Waals surface area contributed by atoms with Gasteiger partial charge in [-0.05, 0) is 49.1 Å². The Morgan fingerprint density at radius 1 is 1.18 bits per heavy atom. The van der Waals surface area contributed by atoms with Crippen molar-refractivity contribution >= 4 is 22.7 Å². The number of amides is 2. The molecule has 1 aromatic heterocycles. The number of aromatic nitrogens is 1. The minimum atomic E-state index is -0.263. The Balaban J connectivity index is 1.49. The molecule has 28 heavy (non-hydrogen) atoms. The molecule has 0 aliphatic carbocycles. The first-order valence-electron chi connectivity index (χ1n) is 9.75. The van der Waals surface area contributed by atoms with E-state index in [4.69, 9.17) is 0 Å². The predicted octanol–water partition coefficient (Wildman–Crippen LogP) is 3.84. The van der Waals surface area contributed by atoms with Gasteiger partial charge in [0.1, 0.15) is 0 Å². The van der Waals surface area contributed by atoms with Crippen LogP contribution >= 0.6 is 0 Å². The van der Waals surface area contributed by atoms with E-state index in [1.165, 1.54) is 22.2 Å². The van der Waals surface area contributed by atoms with Crippen LogP contribution in [0.5, 0.6) is 0 Å². The maximum Gasteiger partial charge on any atom is 0.252 e. The third-order valence-electron chi connectivity index (χ3n) is 5.60. The van der Waals surface area contributed by atoms with E-state index >= 15 is 0 Å². The molecule has 0 fully saturated rings. The second kappa shape index (κ2) is 7.15. The van der Waals surface area contributed by atoms with Crippen molar-refractivity contribution in [1.29, 1.82) is 0 Å². The minimum Gasteiger partial charge on any atom is -0.358 e. The topological polar surface area (TPSA) is 74.0 Å². The molecule has 2 heterocycles. The molecule has 0 radical (unpaired) electrons. The summed E-state index contributed by atoms with van der Waals surface area (Å²) in [5, 5.41) is 7.15. The number of fused-ring (bicyclic) bond motifs is 2. The van der Waals surface area contributed by atoms with Gasteiger partial charge in [-0.3, -0.25) is 9.59 Å². The second-order valence-electron chi connectivity index (χ2n) is 7.52. The van der Waals surface area contributed by atoms with Crippen LogP contribution in [0.4, 0.5) is 0 Å². The maximum absolute atomic E-state index is 12.6. The molecule has 3 N–H and O–H groups in total. The Morgan fingerprint density at radius 3 is 2.75 bits per heavy atom. The van der Waals surface area contributed by atoms with Gasteiger partial charge >= 0.3 is 0 Å². The van der Waals surface area contributed by atoms with Crippen LogP contribution in [0.3, 0.4) is 0 Å². The van der Waals surface area contributed by atoms with Crippen molar-refractivity contribution in [3.63, 3.8) is 0 Å². The predicted molar refractivity (Wildman–Crippen MR) is 110 cm³/mol. The summed E-state index contributed by atoms with van der Waals surface area (Å²) >= 11 is 0. The van der Waals surface area contributed by atoms with Gasteiger partial charge in [0.05, 0.1) is 18.0 Å². The third-order valence-corrected chi connectivity index (χ3v) is 5.60. The van der Waals surface area contributed by atoms with Crippen LogP contribution in [0, 0.1) is 13.8 Å². The van der Waals surface area contributed by atoms with E-state index in [0.29, 0.717) is 12.1 Å². The number of aryl methyl sites for hydroxylation is 3. The Hall–Kier alpha value is -3.08. The summed E-state index contributed by atoms with van der Waals surface area (Å²) in [5.41, 5.74) is 7.43. The van der Waals surface area contributed by atoms with E-state index in [1.54, 1.807) is 6.07 Å². The molecule has 2 aromatic carbocycles. The van der Waals surface area contributed by atoms with Crippen LogP contribution in [-0.4, -0.2) is 16.8 Å². The van der Waals surface area contributed by atoms with Crippen LogP contribution in [0.2, 0.25) is 0 Å². The van der Waals surface area contributed by atoms with Crippen molar-refractivity contribution in [3.8, 4) is 0 Å². The normalized spacial score (nSPS) is 15.5. The second-order valence-corrected chi connectivity index (χ2v) is 7.52. The molecule has 1 atom stereocenters. The van der Waals surface area contributed by atoms with Gasteiger partial charge in [-0.2, -0.15) is 0 Å². The van der Waals surface area contributed by atoms with Crippen molar-refractivity contribution in [2.75, 3.05) is 0 Å². The Bertz CT molecular complexity index is 1080. The number of nitrogens with one attached hydrogen (secondary N) is 3. The number of hydrogen-bond acceptors (Lipinski definition) is 2. The van der Waals surface area contributed by atoms with E-state index in [0.717, 1.165) is 23.1 Å². The van der Waals surface area contributed by atoms with Crippen molar-refractivity contribution in [3.05, 3.63) is 69.9 Å². The number of benzene rings is 2. The average Bonchev–Trinajstić information content (AvgIpc) is 3.17. The SMILES string of the molecule is CCc1[nH]c2c(CNC(=O)C[C@H]3NC(=O)c4ccccc43)cc(C)cc2c1C. The number of rotatable bonds is 5. The highest BCUT2D eigenvalue weighted by atomic mass is 16.2. The van der Waals surface area contributed by atoms with Gasteiger partial charge in [-0.25, -0.2) is 0 Å². The van der Waals surface area contributed by atoms with Crippen molar-refractivity contribution in [1.82, 2.24) is 15.6 Å². The lowest BCUT2D eigenvalue weighted by molar-refractivity contribution is -0.121. The van der Waals surface area contributed by atoms with Gasteiger partial charge in [0.15, 0.2) is 0 Å². The summed E-state index contributed by atoms with van der Waals surface area (Å²) in [4.78, 5) is 28.1. The van der Waals surface area contributed by atoms with Crippen LogP contribution < -0.4 is 10.6 Å². The van der Waals surface area contributed by atoms with E-state index in [9.17, 15) is 9.59 Å². The molecule has 2 amide bonds. The smallest absolute Gasteiger partial charge is 0.252 e. The molecular weight excluding hydrogens is 350 g/mol. The van der Waals surface area contributed by atoms with E-state index in [2.05, 4.69) is 48.5 Å². The monoisotopic (exact) mass is 375 g/mol. The highest BCUT2D eigenvalue weighted by Crippen LogP contribution is 2.28. The van der Waals surface area contributed by atoms with Gasteiger partial charge in [0, 0.05) is 23.2 Å². The van der Waals surface area contributed by atoms with Crippen LogP contribution in [0.15, 0.2) is 36.4 Å². The fourth-order valence-electron chi connectivity index (χ4n) is 4.14. The summed E-state index contributed by atoms with van der Waals surface area (Å²) in [5.74, 6) is -0.182. The molecule has 0 saturated heterocycles. The van der Waals surface area contributed by atoms with Crippen molar-refractivity contribution in [2.45, 2.75) is 46.2 Å². The molecule has 4 rings (SSSR count). The molecule has 5 nitrogen and oxygen atoms in total. The number of H-pyrrole nitrogens is 1. The first kappa shape index (κ1) is 18.3. The largest absolute Gasteiger partial charge is 0.358 e. The third kappa shape index (κ3) is 3.17. The van der Waals surface area contributed by atoms with E-state index in [1.807, 2.05) is 18.2 Å². The molecule has 5 heteroatoms. The zero-order valence-corrected chi connectivity index (χ0v) is 16.5. The summed E-state index contributed by atoms with van der Waals surface area (Å²) in [7, 11) is 0. The number of carbonyl (C=O) groups is 2. The highest BCUT2D eigenvalue weighted by molar-refractivity contribution is 5.99. The molecule has 0 unspecified atom stereocenters.